The number of non-ortho nitro benzene ring substituents is 1. The van der Waals surface area contributed by atoms with Crippen LogP contribution in [0.25, 0.3) is 11.1 Å². The van der Waals surface area contributed by atoms with Crippen molar-refractivity contribution in [2.75, 3.05) is 13.2 Å². The lowest BCUT2D eigenvalue weighted by Gasteiger charge is -2.14. The number of hydrogen-bond donors (Lipinski definition) is 0. The second-order valence-electron chi connectivity index (χ2n) is 6.20. The number of hydrogen-bond acceptors (Lipinski definition) is 10. The van der Waals surface area contributed by atoms with Crippen LogP contribution in [0.1, 0.15) is 38.5 Å². The van der Waals surface area contributed by atoms with E-state index in [1.54, 1.807) is 0 Å². The summed E-state index contributed by atoms with van der Waals surface area (Å²) in [5.74, 6) is -1.53. The smallest absolute Gasteiger partial charge is 0.341 e. The largest absolute Gasteiger partial charge is 0.462 e. The maximum atomic E-state index is 12.8. The van der Waals surface area contributed by atoms with Crippen LogP contribution in [-0.4, -0.2) is 40.1 Å². The fraction of sp³-hybridized carbons (Fsp3) is 0.278. The number of esters is 2. The zero-order chi connectivity index (χ0) is 21.8. The molecule has 30 heavy (non-hydrogen) atoms. The normalized spacial score (nSPS) is 12.1. The number of cyclic esters (lactones) is 1. The Balaban J connectivity index is 2.01. The van der Waals surface area contributed by atoms with Gasteiger partial charge in [0.25, 0.3) is 10.8 Å². The third-order valence-corrected chi connectivity index (χ3v) is 4.27. The molecule has 12 heteroatoms. The highest BCUT2D eigenvalue weighted by Gasteiger charge is 2.33. The predicted octanol–water partition coefficient (Wildman–Crippen LogP) is 2.39. The number of carbonyl (C=O) groups excluding carboxylic acids is 2. The van der Waals surface area contributed by atoms with Crippen LogP contribution in [-0.2, 0) is 20.9 Å². The third kappa shape index (κ3) is 4.16. The lowest BCUT2D eigenvalue weighted by Crippen LogP contribution is -2.15. The average molecular weight is 417 g/mol. The molecule has 0 fully saturated rings. The van der Waals surface area contributed by atoms with E-state index in [1.807, 2.05) is 0 Å². The molecule has 0 saturated heterocycles. The van der Waals surface area contributed by atoms with Gasteiger partial charge in [0.15, 0.2) is 0 Å². The summed E-state index contributed by atoms with van der Waals surface area (Å²) in [4.78, 5) is 54.2. The van der Waals surface area contributed by atoms with Crippen molar-refractivity contribution >= 4 is 17.6 Å². The first-order valence-corrected chi connectivity index (χ1v) is 8.69. The van der Waals surface area contributed by atoms with E-state index >= 15 is 0 Å². The molecule has 0 unspecified atom stereocenters. The van der Waals surface area contributed by atoms with Crippen LogP contribution in [0.5, 0.6) is 0 Å². The minimum atomic E-state index is -0.956. The van der Waals surface area contributed by atoms with Gasteiger partial charge in [-0.1, -0.05) is 12.1 Å². The molecule has 2 heterocycles. The first-order chi connectivity index (χ1) is 14.3. The predicted molar refractivity (Wildman–Crippen MR) is 98.0 cm³/mol. The van der Waals surface area contributed by atoms with Crippen molar-refractivity contribution in [3.63, 3.8) is 0 Å². The molecule has 3 rings (SSSR count). The molecule has 2 aromatic rings. The SMILES string of the molecule is Cc1nc2c(c(-c3cccc([N+](=O)[O-])c3)c1C(=O)OCCCO[N+](=O)[O-])C(=O)OC2. The molecule has 0 bridgehead atoms. The molecule has 0 amide bonds. The molecule has 156 valence electrons. The van der Waals surface area contributed by atoms with Crippen LogP contribution in [0.4, 0.5) is 5.69 Å². The van der Waals surface area contributed by atoms with Gasteiger partial charge in [0.05, 0.1) is 40.7 Å². The van der Waals surface area contributed by atoms with E-state index in [0.29, 0.717) is 5.69 Å². The molecule has 1 aliphatic rings. The molecule has 0 saturated carbocycles. The van der Waals surface area contributed by atoms with Gasteiger partial charge >= 0.3 is 11.9 Å². The first-order valence-electron chi connectivity index (χ1n) is 8.69. The van der Waals surface area contributed by atoms with Crippen LogP contribution in [0.15, 0.2) is 24.3 Å². The van der Waals surface area contributed by atoms with Gasteiger partial charge in [-0.2, -0.15) is 0 Å². The number of nitrogens with zero attached hydrogens (tertiary/aromatic N) is 3. The maximum Gasteiger partial charge on any atom is 0.341 e. The first kappa shape index (κ1) is 20.6. The van der Waals surface area contributed by atoms with E-state index in [9.17, 15) is 29.8 Å². The Morgan fingerprint density at radius 2 is 2.00 bits per heavy atom. The minimum Gasteiger partial charge on any atom is -0.462 e. The lowest BCUT2D eigenvalue weighted by molar-refractivity contribution is -0.757. The molecule has 12 nitrogen and oxygen atoms in total. The Hall–Kier alpha value is -4.09. The van der Waals surface area contributed by atoms with Crippen molar-refractivity contribution in [2.45, 2.75) is 20.0 Å². The second-order valence-corrected chi connectivity index (χ2v) is 6.20. The summed E-state index contributed by atoms with van der Waals surface area (Å²) in [7, 11) is 0. The van der Waals surface area contributed by atoms with Gasteiger partial charge in [-0.05, 0) is 12.5 Å². The van der Waals surface area contributed by atoms with Gasteiger partial charge in [0.1, 0.15) is 6.61 Å². The van der Waals surface area contributed by atoms with Crippen molar-refractivity contribution < 1.29 is 33.9 Å². The summed E-state index contributed by atoms with van der Waals surface area (Å²) in [6, 6.07) is 5.47. The molecular weight excluding hydrogens is 402 g/mol. The van der Waals surface area contributed by atoms with Crippen molar-refractivity contribution in [2.24, 2.45) is 0 Å². The number of pyridine rings is 1. The Bertz CT molecular complexity index is 1050. The summed E-state index contributed by atoms with van der Waals surface area (Å²) in [6.45, 7) is 1.02. The summed E-state index contributed by atoms with van der Waals surface area (Å²) in [6.07, 6.45) is 0.0678. The number of nitro benzene ring substituents is 1. The van der Waals surface area contributed by atoms with Crippen LogP contribution in [0.2, 0.25) is 0 Å². The van der Waals surface area contributed by atoms with E-state index in [1.165, 1.54) is 31.2 Å². The molecule has 0 N–H and O–H groups in total. The van der Waals surface area contributed by atoms with E-state index in [4.69, 9.17) is 9.47 Å². The molecule has 0 radical (unpaired) electrons. The Kier molecular flexibility index (Phi) is 5.85. The summed E-state index contributed by atoms with van der Waals surface area (Å²) in [5.41, 5.74) is 0.741. The fourth-order valence-corrected chi connectivity index (χ4v) is 3.04. The van der Waals surface area contributed by atoms with Crippen LogP contribution in [0.3, 0.4) is 0 Å². The van der Waals surface area contributed by atoms with Crippen molar-refractivity contribution in [3.8, 4) is 11.1 Å². The maximum absolute atomic E-state index is 12.8. The molecule has 1 aromatic heterocycles. The van der Waals surface area contributed by atoms with E-state index in [0.717, 1.165) is 0 Å². The van der Waals surface area contributed by atoms with E-state index in [2.05, 4.69) is 9.82 Å². The highest BCUT2D eigenvalue weighted by atomic mass is 16.9. The van der Waals surface area contributed by atoms with Gasteiger partial charge < -0.3 is 14.3 Å². The van der Waals surface area contributed by atoms with Crippen molar-refractivity contribution in [1.82, 2.24) is 4.98 Å². The number of aromatic nitrogens is 1. The fourth-order valence-electron chi connectivity index (χ4n) is 3.04. The standard InChI is InChI=1S/C18H15N3O9/c1-10-14(17(22)28-6-3-7-30-21(26)27)15(16-13(19-10)9-29-18(16)23)11-4-2-5-12(8-11)20(24)25/h2,4-5,8H,3,6-7,9H2,1H3. The summed E-state index contributed by atoms with van der Waals surface area (Å²) >= 11 is 0. The highest BCUT2D eigenvalue weighted by molar-refractivity contribution is 6.08. The second kappa shape index (κ2) is 8.51. The number of carbonyl (C=O) groups is 2. The van der Waals surface area contributed by atoms with Crippen LogP contribution >= 0.6 is 0 Å². The average Bonchev–Trinajstić information content (AvgIpc) is 3.06. The number of nitro groups is 1. The number of ether oxygens (including phenoxy) is 2. The quantitative estimate of drug-likeness (QED) is 0.270. The monoisotopic (exact) mass is 417 g/mol. The number of benzene rings is 1. The summed E-state index contributed by atoms with van der Waals surface area (Å²) in [5, 5.41) is 20.4. The number of aryl methyl sites for hydroxylation is 1. The van der Waals surface area contributed by atoms with E-state index < -0.39 is 21.9 Å². The van der Waals surface area contributed by atoms with E-state index in [-0.39, 0.29) is 59.9 Å². The van der Waals surface area contributed by atoms with Crippen LogP contribution in [0, 0.1) is 27.2 Å². The Labute approximate surface area is 168 Å². The van der Waals surface area contributed by atoms with Crippen molar-refractivity contribution in [1.29, 1.82) is 0 Å². The number of rotatable bonds is 8. The topological polar surface area (TPSA) is 161 Å². The molecule has 0 atom stereocenters. The zero-order valence-electron chi connectivity index (χ0n) is 15.7. The van der Waals surface area contributed by atoms with Crippen LogP contribution < -0.4 is 0 Å². The molecular formula is C18H15N3O9. The van der Waals surface area contributed by atoms with Crippen molar-refractivity contribution in [3.05, 3.63) is 67.0 Å². The minimum absolute atomic E-state index is 0.0386. The Morgan fingerprint density at radius 1 is 1.23 bits per heavy atom. The van der Waals surface area contributed by atoms with Gasteiger partial charge in [0.2, 0.25) is 0 Å². The summed E-state index contributed by atoms with van der Waals surface area (Å²) < 4.78 is 10.2. The molecule has 1 aromatic carbocycles. The van der Waals surface area contributed by atoms with Gasteiger partial charge in [-0.25, -0.2) is 9.59 Å². The third-order valence-electron chi connectivity index (χ3n) is 4.27. The molecule has 0 spiro atoms. The molecule has 0 aliphatic carbocycles. The number of fused-ring (bicyclic) bond motifs is 1. The van der Waals surface area contributed by atoms with Gasteiger partial charge in [-0.15, -0.1) is 10.1 Å². The lowest BCUT2D eigenvalue weighted by atomic mass is 9.92. The highest BCUT2D eigenvalue weighted by Crippen LogP contribution is 2.36. The Morgan fingerprint density at radius 3 is 2.70 bits per heavy atom. The molecule has 1 aliphatic heterocycles. The zero-order valence-corrected chi connectivity index (χ0v) is 15.7. The van der Waals surface area contributed by atoms with Gasteiger partial charge in [0, 0.05) is 24.1 Å². The van der Waals surface area contributed by atoms with Gasteiger partial charge in [-0.3, -0.25) is 15.1 Å².